The molecule has 0 unspecified atom stereocenters. The Morgan fingerprint density at radius 3 is 2.52 bits per heavy atom. The number of hydrogen-bond acceptors (Lipinski definition) is 4. The number of aromatic nitrogens is 2. The Labute approximate surface area is 153 Å². The third-order valence-electron chi connectivity index (χ3n) is 3.71. The summed E-state index contributed by atoms with van der Waals surface area (Å²) in [7, 11) is 1.58. The third-order valence-corrected chi connectivity index (χ3v) is 4.24. The van der Waals surface area contributed by atoms with Crippen molar-refractivity contribution in [1.29, 1.82) is 0 Å². The maximum Gasteiger partial charge on any atom is 0.267 e. The standard InChI is InChI=1S/C19H15BrN2O3/c1-25-18-5-3-2-4-15(18)16-10-11-19(24)22(21-16)12-17(23)13-6-8-14(20)9-7-13/h2-11H,12H2,1H3. The highest BCUT2D eigenvalue weighted by atomic mass is 79.9. The third kappa shape index (κ3) is 3.85. The smallest absolute Gasteiger partial charge is 0.267 e. The number of rotatable bonds is 5. The van der Waals surface area contributed by atoms with Gasteiger partial charge in [-0.05, 0) is 30.3 Å². The number of methoxy groups -OCH3 is 1. The van der Waals surface area contributed by atoms with Gasteiger partial charge in [-0.15, -0.1) is 0 Å². The van der Waals surface area contributed by atoms with Gasteiger partial charge in [0, 0.05) is 21.7 Å². The van der Waals surface area contributed by atoms with E-state index >= 15 is 0 Å². The molecule has 0 aliphatic rings. The fourth-order valence-electron chi connectivity index (χ4n) is 2.43. The van der Waals surface area contributed by atoms with Gasteiger partial charge in [-0.3, -0.25) is 9.59 Å². The maximum absolute atomic E-state index is 12.4. The van der Waals surface area contributed by atoms with Crippen LogP contribution in [-0.2, 0) is 6.54 Å². The summed E-state index contributed by atoms with van der Waals surface area (Å²) in [5.74, 6) is 0.471. The fourth-order valence-corrected chi connectivity index (χ4v) is 2.69. The van der Waals surface area contributed by atoms with Gasteiger partial charge in [-0.25, -0.2) is 4.68 Å². The van der Waals surface area contributed by atoms with E-state index in [1.807, 2.05) is 24.3 Å². The van der Waals surface area contributed by atoms with Gasteiger partial charge in [0.1, 0.15) is 12.3 Å². The van der Waals surface area contributed by atoms with Gasteiger partial charge < -0.3 is 4.74 Å². The Balaban J connectivity index is 1.93. The van der Waals surface area contributed by atoms with E-state index in [-0.39, 0.29) is 17.9 Å². The highest BCUT2D eigenvalue weighted by Gasteiger charge is 2.12. The van der Waals surface area contributed by atoms with Gasteiger partial charge in [-0.1, -0.05) is 40.2 Å². The molecular weight excluding hydrogens is 384 g/mol. The van der Waals surface area contributed by atoms with Crippen LogP contribution in [0.3, 0.4) is 0 Å². The number of Topliss-reactive ketones (excluding diaryl/α,β-unsaturated/α-hetero) is 1. The van der Waals surface area contributed by atoms with Crippen molar-refractivity contribution in [1.82, 2.24) is 9.78 Å². The summed E-state index contributed by atoms with van der Waals surface area (Å²) in [4.78, 5) is 24.5. The molecule has 0 aliphatic heterocycles. The molecular formula is C19H15BrN2O3. The molecule has 0 fully saturated rings. The molecule has 0 radical (unpaired) electrons. The zero-order valence-corrected chi connectivity index (χ0v) is 15.1. The fraction of sp³-hybridized carbons (Fsp3) is 0.105. The van der Waals surface area contributed by atoms with Gasteiger partial charge >= 0.3 is 0 Å². The van der Waals surface area contributed by atoms with Gasteiger partial charge in [-0.2, -0.15) is 5.10 Å². The minimum Gasteiger partial charge on any atom is -0.496 e. The number of hydrogen-bond donors (Lipinski definition) is 0. The van der Waals surface area contributed by atoms with Crippen molar-refractivity contribution in [2.75, 3.05) is 7.11 Å². The minimum atomic E-state index is -0.330. The van der Waals surface area contributed by atoms with Crippen molar-refractivity contribution in [2.24, 2.45) is 0 Å². The molecule has 126 valence electrons. The summed E-state index contributed by atoms with van der Waals surface area (Å²) in [6.45, 7) is -0.122. The number of para-hydroxylation sites is 1. The zero-order chi connectivity index (χ0) is 17.8. The summed E-state index contributed by atoms with van der Waals surface area (Å²) < 4.78 is 7.39. The number of ether oxygens (including phenoxy) is 1. The second-order valence-corrected chi connectivity index (χ2v) is 6.26. The normalized spacial score (nSPS) is 10.5. The molecule has 3 rings (SSSR count). The van der Waals surface area contributed by atoms with Crippen LogP contribution in [0.5, 0.6) is 5.75 Å². The highest BCUT2D eigenvalue weighted by molar-refractivity contribution is 9.10. The quantitative estimate of drug-likeness (QED) is 0.616. The Bertz CT molecular complexity index is 965. The lowest BCUT2D eigenvalue weighted by molar-refractivity contribution is 0.0966. The second-order valence-electron chi connectivity index (χ2n) is 5.34. The van der Waals surface area contributed by atoms with Gasteiger partial charge in [0.05, 0.1) is 12.8 Å². The van der Waals surface area contributed by atoms with E-state index in [1.165, 1.54) is 10.7 Å². The number of carbonyl (C=O) groups excluding carboxylic acids is 1. The molecule has 0 saturated heterocycles. The monoisotopic (exact) mass is 398 g/mol. The predicted molar refractivity (Wildman–Crippen MR) is 99.0 cm³/mol. The average Bonchev–Trinajstić information content (AvgIpc) is 2.64. The van der Waals surface area contributed by atoms with E-state index in [0.717, 1.165) is 10.0 Å². The molecule has 1 aromatic heterocycles. The first-order valence-electron chi connectivity index (χ1n) is 7.59. The number of carbonyl (C=O) groups is 1. The average molecular weight is 399 g/mol. The number of halogens is 1. The van der Waals surface area contributed by atoms with Gasteiger partial charge in [0.2, 0.25) is 0 Å². The predicted octanol–water partition coefficient (Wildman–Crippen LogP) is 3.56. The molecule has 5 nitrogen and oxygen atoms in total. The first-order chi connectivity index (χ1) is 12.1. The molecule has 25 heavy (non-hydrogen) atoms. The Hall–Kier alpha value is -2.73. The van der Waals surface area contributed by atoms with E-state index in [1.54, 1.807) is 37.4 Å². The lowest BCUT2D eigenvalue weighted by Crippen LogP contribution is -2.26. The molecule has 0 saturated carbocycles. The second kappa shape index (κ2) is 7.44. The van der Waals surface area contributed by atoms with Crippen LogP contribution in [-0.4, -0.2) is 22.7 Å². The van der Waals surface area contributed by atoms with Gasteiger partial charge in [0.15, 0.2) is 5.78 Å². The van der Waals surface area contributed by atoms with Crippen LogP contribution in [0.15, 0.2) is 69.9 Å². The first-order valence-corrected chi connectivity index (χ1v) is 8.38. The van der Waals surface area contributed by atoms with Crippen molar-refractivity contribution < 1.29 is 9.53 Å². The van der Waals surface area contributed by atoms with E-state index < -0.39 is 0 Å². The van der Waals surface area contributed by atoms with Crippen LogP contribution in [0.25, 0.3) is 11.3 Å². The summed E-state index contributed by atoms with van der Waals surface area (Å²) in [5.41, 5.74) is 1.53. The van der Waals surface area contributed by atoms with Crippen LogP contribution in [0.1, 0.15) is 10.4 Å². The van der Waals surface area contributed by atoms with Crippen molar-refractivity contribution in [2.45, 2.75) is 6.54 Å². The summed E-state index contributed by atoms with van der Waals surface area (Å²) in [6, 6.07) is 17.4. The Morgan fingerprint density at radius 1 is 1.08 bits per heavy atom. The lowest BCUT2D eigenvalue weighted by Gasteiger charge is -2.10. The number of ketones is 1. The molecule has 6 heteroatoms. The summed E-state index contributed by atoms with van der Waals surface area (Å²) >= 11 is 3.33. The van der Waals surface area contributed by atoms with Crippen LogP contribution in [0, 0.1) is 0 Å². The van der Waals surface area contributed by atoms with Gasteiger partial charge in [0.25, 0.3) is 5.56 Å². The first kappa shape index (κ1) is 17.1. The van der Waals surface area contributed by atoms with Crippen molar-refractivity contribution in [3.63, 3.8) is 0 Å². The molecule has 0 bridgehead atoms. The lowest BCUT2D eigenvalue weighted by atomic mass is 10.1. The van der Waals surface area contributed by atoms with Crippen molar-refractivity contribution in [3.05, 3.63) is 81.1 Å². The Kier molecular flexibility index (Phi) is 5.09. The zero-order valence-electron chi connectivity index (χ0n) is 13.5. The number of nitrogens with zero attached hydrogens (tertiary/aromatic N) is 2. The molecule has 0 aliphatic carbocycles. The Morgan fingerprint density at radius 2 is 1.80 bits per heavy atom. The molecule has 0 spiro atoms. The van der Waals surface area contributed by atoms with Crippen molar-refractivity contribution in [3.8, 4) is 17.0 Å². The summed E-state index contributed by atoms with van der Waals surface area (Å²) in [5, 5.41) is 4.33. The molecule has 3 aromatic rings. The minimum absolute atomic E-state index is 0.122. The number of benzene rings is 2. The highest BCUT2D eigenvalue weighted by Crippen LogP contribution is 2.27. The van der Waals surface area contributed by atoms with Crippen molar-refractivity contribution >= 4 is 21.7 Å². The van der Waals surface area contributed by atoms with Crippen LogP contribution >= 0.6 is 15.9 Å². The largest absolute Gasteiger partial charge is 0.496 e. The van der Waals surface area contributed by atoms with E-state index in [2.05, 4.69) is 21.0 Å². The van der Waals surface area contributed by atoms with E-state index in [0.29, 0.717) is 17.0 Å². The molecule has 0 N–H and O–H groups in total. The molecule has 2 aromatic carbocycles. The van der Waals surface area contributed by atoms with Crippen LogP contribution in [0.2, 0.25) is 0 Å². The summed E-state index contributed by atoms with van der Waals surface area (Å²) in [6.07, 6.45) is 0. The molecule has 1 heterocycles. The SMILES string of the molecule is COc1ccccc1-c1ccc(=O)n(CC(=O)c2ccc(Br)cc2)n1. The molecule has 0 amide bonds. The van der Waals surface area contributed by atoms with Crippen LogP contribution < -0.4 is 10.3 Å². The topological polar surface area (TPSA) is 61.2 Å². The molecule has 0 atom stereocenters. The van der Waals surface area contributed by atoms with E-state index in [4.69, 9.17) is 4.74 Å². The van der Waals surface area contributed by atoms with Crippen LogP contribution in [0.4, 0.5) is 0 Å². The maximum atomic E-state index is 12.4. The van der Waals surface area contributed by atoms with E-state index in [9.17, 15) is 9.59 Å².